The van der Waals surface area contributed by atoms with Gasteiger partial charge >= 0.3 is 5.97 Å². The van der Waals surface area contributed by atoms with E-state index in [1.807, 2.05) is 25.1 Å². The summed E-state index contributed by atoms with van der Waals surface area (Å²) in [5.41, 5.74) is 1.33. The van der Waals surface area contributed by atoms with Gasteiger partial charge in [0, 0.05) is 0 Å². The average molecular weight is 206 g/mol. The van der Waals surface area contributed by atoms with Crippen LogP contribution in [0.3, 0.4) is 0 Å². The lowest BCUT2D eigenvalue weighted by Gasteiger charge is -2.31. The van der Waals surface area contributed by atoms with Gasteiger partial charge in [-0.2, -0.15) is 0 Å². The van der Waals surface area contributed by atoms with E-state index in [-0.39, 0.29) is 6.61 Å². The minimum atomic E-state index is -0.797. The summed E-state index contributed by atoms with van der Waals surface area (Å²) >= 11 is 0. The first-order chi connectivity index (χ1) is 7.01. The van der Waals surface area contributed by atoms with Crippen molar-refractivity contribution in [3.05, 3.63) is 29.3 Å². The van der Waals surface area contributed by atoms with Crippen LogP contribution >= 0.6 is 0 Å². The molecule has 0 aliphatic carbocycles. The summed E-state index contributed by atoms with van der Waals surface area (Å²) < 4.78 is 5.47. The third-order valence-corrected chi connectivity index (χ3v) is 2.86. The maximum absolute atomic E-state index is 11.1. The number of carbonyl (C=O) groups is 1. The van der Waals surface area contributed by atoms with Crippen LogP contribution in [0.25, 0.3) is 0 Å². The van der Waals surface area contributed by atoms with E-state index in [0.29, 0.717) is 6.42 Å². The van der Waals surface area contributed by atoms with E-state index in [9.17, 15) is 4.79 Å². The summed E-state index contributed by atoms with van der Waals surface area (Å²) in [5, 5.41) is 9.11. The number of ether oxygens (including phenoxy) is 1. The Morgan fingerprint density at radius 3 is 2.93 bits per heavy atom. The van der Waals surface area contributed by atoms with Gasteiger partial charge in [0.25, 0.3) is 0 Å². The lowest BCUT2D eigenvalue weighted by molar-refractivity contribution is -0.150. The van der Waals surface area contributed by atoms with Gasteiger partial charge in [-0.05, 0) is 31.9 Å². The maximum Gasteiger partial charge on any atom is 0.313 e. The molecule has 0 saturated carbocycles. The van der Waals surface area contributed by atoms with Crippen molar-refractivity contribution in [2.24, 2.45) is 5.41 Å². The average Bonchev–Trinajstić information content (AvgIpc) is 2.16. The molecule has 1 aromatic carbocycles. The van der Waals surface area contributed by atoms with E-state index < -0.39 is 11.4 Å². The van der Waals surface area contributed by atoms with Crippen molar-refractivity contribution in [3.63, 3.8) is 0 Å². The minimum absolute atomic E-state index is 0.248. The largest absolute Gasteiger partial charge is 0.492 e. The highest BCUT2D eigenvalue weighted by atomic mass is 16.5. The van der Waals surface area contributed by atoms with Crippen LogP contribution in [0.5, 0.6) is 5.75 Å². The van der Waals surface area contributed by atoms with Crippen LogP contribution in [0.15, 0.2) is 18.2 Å². The highest BCUT2D eigenvalue weighted by molar-refractivity contribution is 5.75. The maximum atomic E-state index is 11.1. The molecule has 1 aliphatic heterocycles. The van der Waals surface area contributed by atoms with Crippen molar-refractivity contribution >= 4 is 5.97 Å². The number of carboxylic acid groups (broad SMARTS) is 1. The molecule has 0 spiro atoms. The van der Waals surface area contributed by atoms with Gasteiger partial charge in [0.05, 0.1) is 0 Å². The second-order valence-corrected chi connectivity index (χ2v) is 4.44. The minimum Gasteiger partial charge on any atom is -0.492 e. The zero-order chi connectivity index (χ0) is 11.1. The number of rotatable bonds is 1. The number of aryl methyl sites for hydroxylation is 1. The summed E-state index contributed by atoms with van der Waals surface area (Å²) in [5.74, 6) is 0.0222. The predicted molar refractivity (Wildman–Crippen MR) is 56.1 cm³/mol. The molecular formula is C12H14O3. The van der Waals surface area contributed by atoms with Crippen LogP contribution in [0.2, 0.25) is 0 Å². The van der Waals surface area contributed by atoms with E-state index in [0.717, 1.165) is 16.9 Å². The first-order valence-electron chi connectivity index (χ1n) is 4.97. The van der Waals surface area contributed by atoms with Gasteiger partial charge in [-0.25, -0.2) is 0 Å². The Morgan fingerprint density at radius 1 is 1.53 bits per heavy atom. The molecule has 80 valence electrons. The lowest BCUT2D eigenvalue weighted by Crippen LogP contribution is -2.39. The van der Waals surface area contributed by atoms with Crippen molar-refractivity contribution < 1.29 is 14.6 Å². The van der Waals surface area contributed by atoms with Crippen molar-refractivity contribution in [1.29, 1.82) is 0 Å². The molecule has 1 atom stereocenters. The topological polar surface area (TPSA) is 46.5 Å². The molecule has 3 nitrogen and oxygen atoms in total. The van der Waals surface area contributed by atoms with Gasteiger partial charge < -0.3 is 9.84 Å². The molecule has 1 N–H and O–H groups in total. The van der Waals surface area contributed by atoms with Gasteiger partial charge in [0.2, 0.25) is 0 Å². The third kappa shape index (κ3) is 1.69. The smallest absolute Gasteiger partial charge is 0.313 e. The van der Waals surface area contributed by atoms with Crippen molar-refractivity contribution in [1.82, 2.24) is 0 Å². The van der Waals surface area contributed by atoms with Crippen LogP contribution in [-0.2, 0) is 11.2 Å². The Morgan fingerprint density at radius 2 is 2.27 bits per heavy atom. The Kier molecular flexibility index (Phi) is 2.18. The summed E-state index contributed by atoms with van der Waals surface area (Å²) in [4.78, 5) is 11.1. The van der Waals surface area contributed by atoms with Crippen LogP contribution in [0.4, 0.5) is 0 Å². The lowest BCUT2D eigenvalue weighted by atomic mass is 9.82. The van der Waals surface area contributed by atoms with Gasteiger partial charge in [-0.3, -0.25) is 4.79 Å². The molecular weight excluding hydrogens is 192 g/mol. The molecule has 1 heterocycles. The highest BCUT2D eigenvalue weighted by Gasteiger charge is 2.38. The van der Waals surface area contributed by atoms with Gasteiger partial charge in [0.15, 0.2) is 0 Å². The molecule has 1 aromatic rings. The fraction of sp³-hybridized carbons (Fsp3) is 0.417. The van der Waals surface area contributed by atoms with Crippen LogP contribution in [0, 0.1) is 12.3 Å². The molecule has 0 fully saturated rings. The molecule has 0 aromatic heterocycles. The van der Waals surface area contributed by atoms with E-state index >= 15 is 0 Å². The monoisotopic (exact) mass is 206 g/mol. The second kappa shape index (κ2) is 3.26. The molecule has 0 amide bonds. The molecule has 0 radical (unpaired) electrons. The zero-order valence-electron chi connectivity index (χ0n) is 8.91. The summed E-state index contributed by atoms with van der Waals surface area (Å²) in [6.45, 7) is 3.96. The standard InChI is InChI=1S/C12H14O3/c1-8-3-4-10-9(5-8)6-12(2,7-15-10)11(13)14/h3-5H,6-7H2,1-2H3,(H,13,14). The van der Waals surface area contributed by atoms with E-state index in [1.54, 1.807) is 6.92 Å². The van der Waals surface area contributed by atoms with E-state index in [4.69, 9.17) is 9.84 Å². The molecule has 1 aliphatic rings. The number of hydrogen-bond donors (Lipinski definition) is 1. The Hall–Kier alpha value is -1.51. The molecule has 3 heteroatoms. The fourth-order valence-electron chi connectivity index (χ4n) is 1.83. The van der Waals surface area contributed by atoms with Gasteiger partial charge in [0.1, 0.15) is 17.8 Å². The van der Waals surface area contributed by atoms with Crippen LogP contribution in [0.1, 0.15) is 18.1 Å². The van der Waals surface area contributed by atoms with Gasteiger partial charge in [-0.15, -0.1) is 0 Å². The second-order valence-electron chi connectivity index (χ2n) is 4.44. The molecule has 0 bridgehead atoms. The van der Waals surface area contributed by atoms with Gasteiger partial charge in [-0.1, -0.05) is 17.7 Å². The normalized spacial score (nSPS) is 24.1. The molecule has 15 heavy (non-hydrogen) atoms. The Balaban J connectivity index is 2.37. The van der Waals surface area contributed by atoms with E-state index in [1.165, 1.54) is 0 Å². The number of carboxylic acids is 1. The first kappa shape index (κ1) is 10.0. The third-order valence-electron chi connectivity index (χ3n) is 2.86. The number of fused-ring (bicyclic) bond motifs is 1. The molecule has 1 unspecified atom stereocenters. The van der Waals surface area contributed by atoms with E-state index in [2.05, 4.69) is 0 Å². The summed E-state index contributed by atoms with van der Waals surface area (Å²) in [7, 11) is 0. The highest BCUT2D eigenvalue weighted by Crippen LogP contribution is 2.34. The quantitative estimate of drug-likeness (QED) is 0.764. The van der Waals surface area contributed by atoms with Crippen LogP contribution < -0.4 is 4.74 Å². The Labute approximate surface area is 88.7 Å². The molecule has 2 rings (SSSR count). The van der Waals surface area contributed by atoms with Crippen LogP contribution in [-0.4, -0.2) is 17.7 Å². The SMILES string of the molecule is Cc1ccc2c(c1)CC(C)(C(=O)O)CO2. The van der Waals surface area contributed by atoms with Crippen molar-refractivity contribution in [2.45, 2.75) is 20.3 Å². The Bertz CT molecular complexity index is 411. The fourth-order valence-corrected chi connectivity index (χ4v) is 1.83. The van der Waals surface area contributed by atoms with Crippen molar-refractivity contribution in [2.75, 3.05) is 6.61 Å². The molecule has 0 saturated heterocycles. The van der Waals surface area contributed by atoms with Crippen molar-refractivity contribution in [3.8, 4) is 5.75 Å². The predicted octanol–water partition coefficient (Wildman–Crippen LogP) is 2.02. The first-order valence-corrected chi connectivity index (χ1v) is 4.97. The summed E-state index contributed by atoms with van der Waals surface area (Å²) in [6, 6.07) is 5.88. The number of hydrogen-bond acceptors (Lipinski definition) is 2. The number of benzene rings is 1. The number of aliphatic carboxylic acids is 1. The summed E-state index contributed by atoms with van der Waals surface area (Å²) in [6.07, 6.45) is 0.541. The zero-order valence-corrected chi connectivity index (χ0v) is 8.91.